The molecule has 1 aromatic carbocycles. The van der Waals surface area contributed by atoms with Crippen molar-refractivity contribution in [2.75, 3.05) is 19.7 Å². The second-order valence-corrected chi connectivity index (χ2v) is 7.44. The highest BCUT2D eigenvalue weighted by Gasteiger charge is 2.31. The van der Waals surface area contributed by atoms with Crippen LogP contribution in [0.25, 0.3) is 0 Å². The Morgan fingerprint density at radius 2 is 2.00 bits per heavy atom. The SMILES string of the molecule is CCC[C@H]1CCN(C(=O)C(C)NC(CCc2ccccc2)C(=O)OCC)C1. The first-order chi connectivity index (χ1) is 13.0. The van der Waals surface area contributed by atoms with Gasteiger partial charge in [-0.3, -0.25) is 14.9 Å². The van der Waals surface area contributed by atoms with Gasteiger partial charge in [-0.25, -0.2) is 0 Å². The van der Waals surface area contributed by atoms with Gasteiger partial charge in [-0.05, 0) is 51.0 Å². The summed E-state index contributed by atoms with van der Waals surface area (Å²) in [5, 5.41) is 3.23. The summed E-state index contributed by atoms with van der Waals surface area (Å²) in [4.78, 5) is 27.1. The second-order valence-electron chi connectivity index (χ2n) is 7.44. The summed E-state index contributed by atoms with van der Waals surface area (Å²) in [6, 6.07) is 9.20. The van der Waals surface area contributed by atoms with Crippen LogP contribution in [0.15, 0.2) is 30.3 Å². The van der Waals surface area contributed by atoms with Gasteiger partial charge in [-0.1, -0.05) is 43.7 Å². The Balaban J connectivity index is 1.92. The average Bonchev–Trinajstić information content (AvgIpc) is 3.14. The van der Waals surface area contributed by atoms with E-state index in [0.29, 0.717) is 18.9 Å². The zero-order chi connectivity index (χ0) is 19.6. The molecule has 2 rings (SSSR count). The van der Waals surface area contributed by atoms with Crippen molar-refractivity contribution in [1.82, 2.24) is 10.2 Å². The number of carbonyl (C=O) groups excluding carboxylic acids is 2. The normalized spacial score (nSPS) is 18.9. The molecule has 3 atom stereocenters. The first kappa shape index (κ1) is 21.4. The van der Waals surface area contributed by atoms with E-state index in [1.807, 2.05) is 30.0 Å². The van der Waals surface area contributed by atoms with Crippen LogP contribution in [-0.4, -0.2) is 48.6 Å². The second kappa shape index (κ2) is 11.1. The number of nitrogens with zero attached hydrogens (tertiary/aromatic N) is 1. The summed E-state index contributed by atoms with van der Waals surface area (Å²) >= 11 is 0. The van der Waals surface area contributed by atoms with Crippen molar-refractivity contribution in [2.45, 2.75) is 65.0 Å². The number of nitrogens with one attached hydrogen (secondary N) is 1. The minimum atomic E-state index is -0.474. The van der Waals surface area contributed by atoms with Gasteiger partial charge in [-0.15, -0.1) is 0 Å². The standard InChI is InChI=1S/C22H34N2O3/c1-4-9-19-14-15-24(16-19)21(25)17(3)23-20(22(26)27-5-2)13-12-18-10-7-6-8-11-18/h6-8,10-11,17,19-20,23H,4-5,9,12-16H2,1-3H3/t17?,19-,20?/m0/s1. The van der Waals surface area contributed by atoms with Crippen LogP contribution in [0, 0.1) is 5.92 Å². The summed E-state index contributed by atoms with van der Waals surface area (Å²) in [6.45, 7) is 7.85. The Labute approximate surface area is 163 Å². The van der Waals surface area contributed by atoms with Gasteiger partial charge >= 0.3 is 5.97 Å². The van der Waals surface area contributed by atoms with Crippen LogP contribution in [0.3, 0.4) is 0 Å². The van der Waals surface area contributed by atoms with Crippen LogP contribution < -0.4 is 5.32 Å². The first-order valence-electron chi connectivity index (χ1n) is 10.3. The summed E-state index contributed by atoms with van der Waals surface area (Å²) in [6.07, 6.45) is 4.79. The Bertz CT molecular complexity index is 590. The third-order valence-electron chi connectivity index (χ3n) is 5.25. The third-order valence-corrected chi connectivity index (χ3v) is 5.25. The molecule has 0 saturated carbocycles. The summed E-state index contributed by atoms with van der Waals surface area (Å²) in [5.41, 5.74) is 1.18. The van der Waals surface area contributed by atoms with Crippen LogP contribution in [0.1, 0.15) is 52.0 Å². The fourth-order valence-corrected chi connectivity index (χ4v) is 3.79. The van der Waals surface area contributed by atoms with Gasteiger partial charge in [-0.2, -0.15) is 0 Å². The lowest BCUT2D eigenvalue weighted by Crippen LogP contribution is -2.50. The molecule has 0 bridgehead atoms. The number of carbonyl (C=O) groups is 2. The minimum absolute atomic E-state index is 0.0858. The van der Waals surface area contributed by atoms with Crippen molar-refractivity contribution < 1.29 is 14.3 Å². The molecule has 27 heavy (non-hydrogen) atoms. The molecule has 1 aliphatic rings. The van der Waals surface area contributed by atoms with Crippen LogP contribution in [0.5, 0.6) is 0 Å². The number of amides is 1. The Morgan fingerprint density at radius 1 is 1.26 bits per heavy atom. The smallest absolute Gasteiger partial charge is 0.323 e. The number of rotatable bonds is 10. The van der Waals surface area contributed by atoms with Crippen LogP contribution in [0.4, 0.5) is 0 Å². The number of hydrogen-bond acceptors (Lipinski definition) is 4. The molecule has 5 nitrogen and oxygen atoms in total. The highest BCUT2D eigenvalue weighted by molar-refractivity contribution is 5.83. The van der Waals surface area contributed by atoms with E-state index in [0.717, 1.165) is 32.4 Å². The number of ether oxygens (including phenoxy) is 1. The number of aryl methyl sites for hydroxylation is 1. The Hall–Kier alpha value is -1.88. The molecular weight excluding hydrogens is 340 g/mol. The monoisotopic (exact) mass is 374 g/mol. The number of hydrogen-bond donors (Lipinski definition) is 1. The van der Waals surface area contributed by atoms with E-state index < -0.39 is 12.1 Å². The largest absolute Gasteiger partial charge is 0.465 e. The van der Waals surface area contributed by atoms with Crippen molar-refractivity contribution in [1.29, 1.82) is 0 Å². The maximum atomic E-state index is 12.8. The molecule has 5 heteroatoms. The fraction of sp³-hybridized carbons (Fsp3) is 0.636. The van der Waals surface area contributed by atoms with Crippen LogP contribution in [0.2, 0.25) is 0 Å². The van der Waals surface area contributed by atoms with E-state index in [9.17, 15) is 9.59 Å². The van der Waals surface area contributed by atoms with E-state index >= 15 is 0 Å². The molecule has 0 radical (unpaired) electrons. The van der Waals surface area contributed by atoms with Gasteiger partial charge in [0.2, 0.25) is 5.91 Å². The summed E-state index contributed by atoms with van der Waals surface area (Å²) in [5.74, 6) is 0.422. The van der Waals surface area contributed by atoms with E-state index in [4.69, 9.17) is 4.74 Å². The van der Waals surface area contributed by atoms with Crippen molar-refractivity contribution >= 4 is 11.9 Å². The van der Waals surface area contributed by atoms with Gasteiger partial charge in [0.1, 0.15) is 6.04 Å². The maximum Gasteiger partial charge on any atom is 0.323 e. The van der Waals surface area contributed by atoms with E-state index in [2.05, 4.69) is 24.4 Å². The van der Waals surface area contributed by atoms with Crippen LogP contribution >= 0.6 is 0 Å². The molecule has 150 valence electrons. The quantitative estimate of drug-likeness (QED) is 0.639. The maximum absolute atomic E-state index is 12.8. The van der Waals surface area contributed by atoms with Gasteiger partial charge < -0.3 is 9.64 Å². The van der Waals surface area contributed by atoms with E-state index in [1.54, 1.807) is 6.92 Å². The Morgan fingerprint density at radius 3 is 2.67 bits per heavy atom. The predicted octanol–water partition coefficient (Wildman–Crippen LogP) is 3.18. The van der Waals surface area contributed by atoms with Crippen molar-refractivity contribution in [3.8, 4) is 0 Å². The summed E-state index contributed by atoms with van der Waals surface area (Å²) in [7, 11) is 0. The lowest BCUT2D eigenvalue weighted by molar-refractivity contribution is -0.146. The highest BCUT2D eigenvalue weighted by atomic mass is 16.5. The van der Waals surface area contributed by atoms with Crippen molar-refractivity contribution in [2.24, 2.45) is 5.92 Å². The zero-order valence-electron chi connectivity index (χ0n) is 16.9. The third kappa shape index (κ3) is 6.65. The van der Waals surface area contributed by atoms with Gasteiger partial charge in [0.25, 0.3) is 0 Å². The molecule has 1 amide bonds. The first-order valence-corrected chi connectivity index (χ1v) is 10.3. The molecule has 1 heterocycles. The molecule has 1 saturated heterocycles. The lowest BCUT2D eigenvalue weighted by Gasteiger charge is -2.25. The minimum Gasteiger partial charge on any atom is -0.465 e. The number of benzene rings is 1. The van der Waals surface area contributed by atoms with Gasteiger partial charge in [0.05, 0.1) is 12.6 Å². The molecule has 1 fully saturated rings. The molecular formula is C22H34N2O3. The van der Waals surface area contributed by atoms with E-state index in [-0.39, 0.29) is 11.9 Å². The number of likely N-dealkylation sites (tertiary alicyclic amines) is 1. The van der Waals surface area contributed by atoms with Gasteiger partial charge in [0.15, 0.2) is 0 Å². The van der Waals surface area contributed by atoms with Crippen molar-refractivity contribution in [3.63, 3.8) is 0 Å². The predicted molar refractivity (Wildman–Crippen MR) is 107 cm³/mol. The average molecular weight is 375 g/mol. The fourth-order valence-electron chi connectivity index (χ4n) is 3.79. The zero-order valence-corrected chi connectivity index (χ0v) is 16.9. The van der Waals surface area contributed by atoms with Crippen LogP contribution in [-0.2, 0) is 20.7 Å². The molecule has 0 aliphatic carbocycles. The highest BCUT2D eigenvalue weighted by Crippen LogP contribution is 2.21. The van der Waals surface area contributed by atoms with Gasteiger partial charge in [0, 0.05) is 13.1 Å². The molecule has 0 spiro atoms. The molecule has 1 aromatic rings. The summed E-state index contributed by atoms with van der Waals surface area (Å²) < 4.78 is 5.22. The molecule has 2 unspecified atom stereocenters. The molecule has 0 aromatic heterocycles. The number of esters is 1. The molecule has 1 aliphatic heterocycles. The van der Waals surface area contributed by atoms with Crippen molar-refractivity contribution in [3.05, 3.63) is 35.9 Å². The van der Waals surface area contributed by atoms with E-state index in [1.165, 1.54) is 12.0 Å². The topological polar surface area (TPSA) is 58.6 Å². The lowest BCUT2D eigenvalue weighted by atomic mass is 10.0. The Kier molecular flexibility index (Phi) is 8.79. The molecule has 1 N–H and O–H groups in total.